The van der Waals surface area contributed by atoms with Crippen LogP contribution in [0.2, 0.25) is 0 Å². The minimum absolute atomic E-state index is 0.0623. The molecule has 9 heteroatoms. The van der Waals surface area contributed by atoms with Gasteiger partial charge in [-0.1, -0.05) is 27.7 Å². The van der Waals surface area contributed by atoms with Crippen LogP contribution in [0.15, 0.2) is 0 Å². The molecule has 0 aliphatic carbocycles. The molecule has 0 aliphatic rings. The number of hydrogen-bond donors (Lipinski definition) is 5. The highest BCUT2D eigenvalue weighted by molar-refractivity contribution is 5.90. The Kier molecular flexibility index (Phi) is 9.63. The van der Waals surface area contributed by atoms with Gasteiger partial charge in [-0.3, -0.25) is 14.4 Å². The molecule has 0 bridgehead atoms. The van der Waals surface area contributed by atoms with Gasteiger partial charge in [-0.25, -0.2) is 4.79 Å². The summed E-state index contributed by atoms with van der Waals surface area (Å²) in [6.45, 7) is 6.58. The summed E-state index contributed by atoms with van der Waals surface area (Å²) < 4.78 is 0. The fourth-order valence-electron chi connectivity index (χ4n) is 1.77. The number of rotatable bonds is 10. The molecule has 0 aromatic carbocycles. The zero-order chi connectivity index (χ0) is 18.9. The highest BCUT2D eigenvalue weighted by Crippen LogP contribution is 2.04. The molecule has 24 heavy (non-hydrogen) atoms. The Morgan fingerprint density at radius 3 is 1.96 bits per heavy atom. The van der Waals surface area contributed by atoms with Crippen LogP contribution in [0.3, 0.4) is 0 Å². The molecule has 0 rings (SSSR count). The van der Waals surface area contributed by atoms with Crippen LogP contribution in [-0.4, -0.2) is 54.0 Å². The molecule has 2 atom stereocenters. The lowest BCUT2D eigenvalue weighted by Gasteiger charge is -2.17. The quantitative estimate of drug-likeness (QED) is 0.336. The number of amides is 3. The molecule has 0 radical (unpaired) electrons. The fraction of sp³-hybridized carbons (Fsp3) is 0.733. The van der Waals surface area contributed by atoms with E-state index in [1.165, 1.54) is 0 Å². The molecule has 0 saturated carbocycles. The molecular formula is C15H28N4O5. The summed E-state index contributed by atoms with van der Waals surface area (Å²) in [4.78, 5) is 45.9. The van der Waals surface area contributed by atoms with E-state index in [1.807, 2.05) is 13.8 Å². The molecule has 138 valence electrons. The zero-order valence-corrected chi connectivity index (χ0v) is 14.6. The van der Waals surface area contributed by atoms with Gasteiger partial charge in [0.25, 0.3) is 0 Å². The van der Waals surface area contributed by atoms with Gasteiger partial charge in [0.05, 0.1) is 19.1 Å². The predicted molar refractivity (Wildman–Crippen MR) is 87.9 cm³/mol. The first-order valence-corrected chi connectivity index (χ1v) is 7.86. The second kappa shape index (κ2) is 10.6. The summed E-state index contributed by atoms with van der Waals surface area (Å²) in [6, 6.07) is -1.72. The van der Waals surface area contributed by atoms with Crippen molar-refractivity contribution in [2.45, 2.75) is 46.2 Å². The maximum atomic E-state index is 11.7. The molecule has 0 spiro atoms. The minimum Gasteiger partial charge on any atom is -0.480 e. The number of aliphatic carboxylic acids is 1. The van der Waals surface area contributed by atoms with Crippen molar-refractivity contribution in [3.8, 4) is 0 Å². The van der Waals surface area contributed by atoms with Crippen LogP contribution in [0.5, 0.6) is 0 Å². The number of carboxylic acids is 1. The fourth-order valence-corrected chi connectivity index (χ4v) is 1.77. The summed E-state index contributed by atoms with van der Waals surface area (Å²) in [5.74, 6) is -2.72. The second-order valence-electron chi connectivity index (χ2n) is 6.35. The normalized spacial score (nSPS) is 13.3. The van der Waals surface area contributed by atoms with Crippen LogP contribution < -0.4 is 21.7 Å². The molecule has 9 nitrogen and oxygen atoms in total. The Balaban J connectivity index is 4.19. The minimum atomic E-state index is -1.13. The van der Waals surface area contributed by atoms with Crippen LogP contribution in [0.1, 0.15) is 34.1 Å². The third kappa shape index (κ3) is 9.09. The van der Waals surface area contributed by atoms with Gasteiger partial charge in [0.15, 0.2) is 0 Å². The predicted octanol–water partition coefficient (Wildman–Crippen LogP) is -1.18. The van der Waals surface area contributed by atoms with Crippen molar-refractivity contribution in [1.29, 1.82) is 0 Å². The highest BCUT2D eigenvalue weighted by Gasteiger charge is 2.21. The van der Waals surface area contributed by atoms with Crippen molar-refractivity contribution in [3.05, 3.63) is 0 Å². The topological polar surface area (TPSA) is 151 Å². The number of carbonyl (C=O) groups excluding carboxylic acids is 3. The van der Waals surface area contributed by atoms with Crippen molar-refractivity contribution in [2.24, 2.45) is 17.6 Å². The number of nitrogens with one attached hydrogen (secondary N) is 3. The van der Waals surface area contributed by atoms with Gasteiger partial charge >= 0.3 is 5.97 Å². The van der Waals surface area contributed by atoms with Crippen LogP contribution >= 0.6 is 0 Å². The van der Waals surface area contributed by atoms with Crippen molar-refractivity contribution in [2.75, 3.05) is 13.1 Å². The van der Waals surface area contributed by atoms with Gasteiger partial charge in [-0.05, 0) is 18.3 Å². The van der Waals surface area contributed by atoms with Gasteiger partial charge in [0, 0.05) is 0 Å². The molecule has 0 saturated heterocycles. The largest absolute Gasteiger partial charge is 0.480 e. The van der Waals surface area contributed by atoms with E-state index < -0.39 is 35.8 Å². The number of nitrogens with two attached hydrogens (primary N) is 1. The van der Waals surface area contributed by atoms with Crippen molar-refractivity contribution in [3.63, 3.8) is 0 Å². The Morgan fingerprint density at radius 1 is 0.958 bits per heavy atom. The monoisotopic (exact) mass is 344 g/mol. The molecular weight excluding hydrogens is 316 g/mol. The lowest BCUT2D eigenvalue weighted by atomic mass is 10.0. The van der Waals surface area contributed by atoms with Gasteiger partial charge in [0.2, 0.25) is 17.7 Å². The third-order valence-corrected chi connectivity index (χ3v) is 3.23. The number of carbonyl (C=O) groups is 4. The molecule has 2 unspecified atom stereocenters. The highest BCUT2D eigenvalue weighted by atomic mass is 16.4. The lowest BCUT2D eigenvalue weighted by molar-refractivity contribution is -0.142. The molecule has 6 N–H and O–H groups in total. The Bertz CT molecular complexity index is 465. The standard InChI is InChI=1S/C15H28N4O5/c1-8(2)5-10(15(23)24)19-12(21)7-17-11(20)6-18-14(22)13(16)9(3)4/h8-10,13H,5-7,16H2,1-4H3,(H,17,20)(H,18,22)(H,19,21)(H,23,24). The van der Waals surface area contributed by atoms with E-state index in [4.69, 9.17) is 10.8 Å². The first-order valence-electron chi connectivity index (χ1n) is 7.86. The number of hydrogen-bond acceptors (Lipinski definition) is 5. The summed E-state index contributed by atoms with van der Waals surface area (Å²) in [7, 11) is 0. The smallest absolute Gasteiger partial charge is 0.326 e. The summed E-state index contributed by atoms with van der Waals surface area (Å²) in [5, 5.41) is 16.0. The second-order valence-corrected chi connectivity index (χ2v) is 6.35. The maximum absolute atomic E-state index is 11.7. The van der Waals surface area contributed by atoms with Crippen LogP contribution in [0, 0.1) is 11.8 Å². The third-order valence-electron chi connectivity index (χ3n) is 3.23. The molecule has 3 amide bonds. The average Bonchev–Trinajstić information content (AvgIpc) is 2.48. The van der Waals surface area contributed by atoms with E-state index in [0.717, 1.165) is 0 Å². The van der Waals surface area contributed by atoms with Crippen LogP contribution in [0.25, 0.3) is 0 Å². The van der Waals surface area contributed by atoms with Crippen LogP contribution in [0.4, 0.5) is 0 Å². The molecule has 0 aromatic heterocycles. The van der Waals surface area contributed by atoms with Gasteiger partial charge in [-0.2, -0.15) is 0 Å². The average molecular weight is 344 g/mol. The van der Waals surface area contributed by atoms with E-state index >= 15 is 0 Å². The zero-order valence-electron chi connectivity index (χ0n) is 14.6. The first-order chi connectivity index (χ1) is 11.0. The van der Waals surface area contributed by atoms with E-state index in [-0.39, 0.29) is 31.3 Å². The van der Waals surface area contributed by atoms with E-state index in [1.54, 1.807) is 13.8 Å². The Labute approximate surface area is 141 Å². The summed E-state index contributed by atoms with van der Waals surface area (Å²) >= 11 is 0. The SMILES string of the molecule is CC(C)CC(NC(=O)CNC(=O)CNC(=O)C(N)C(C)C)C(=O)O. The Hall–Kier alpha value is -2.16. The lowest BCUT2D eigenvalue weighted by Crippen LogP contribution is -2.49. The molecule has 0 aromatic rings. The summed E-state index contributed by atoms with van der Waals surface area (Å²) in [6.07, 6.45) is 0.290. The van der Waals surface area contributed by atoms with E-state index in [0.29, 0.717) is 0 Å². The Morgan fingerprint density at radius 2 is 1.50 bits per heavy atom. The maximum Gasteiger partial charge on any atom is 0.326 e. The van der Waals surface area contributed by atoms with Crippen molar-refractivity contribution in [1.82, 2.24) is 16.0 Å². The van der Waals surface area contributed by atoms with E-state index in [9.17, 15) is 19.2 Å². The first kappa shape index (κ1) is 21.8. The molecule has 0 heterocycles. The van der Waals surface area contributed by atoms with E-state index in [2.05, 4.69) is 16.0 Å². The van der Waals surface area contributed by atoms with Gasteiger partial charge in [0.1, 0.15) is 6.04 Å². The van der Waals surface area contributed by atoms with Crippen LogP contribution in [-0.2, 0) is 19.2 Å². The number of carboxylic acid groups (broad SMARTS) is 1. The molecule has 0 fully saturated rings. The van der Waals surface area contributed by atoms with Crippen molar-refractivity contribution < 1.29 is 24.3 Å². The molecule has 0 aliphatic heterocycles. The van der Waals surface area contributed by atoms with Gasteiger partial charge in [-0.15, -0.1) is 0 Å². The van der Waals surface area contributed by atoms with Crippen molar-refractivity contribution >= 4 is 23.7 Å². The summed E-state index contributed by atoms with van der Waals surface area (Å²) in [5.41, 5.74) is 5.63. The van der Waals surface area contributed by atoms with Gasteiger partial charge < -0.3 is 26.8 Å².